The van der Waals surface area contributed by atoms with Crippen LogP contribution >= 0.6 is 0 Å². The van der Waals surface area contributed by atoms with E-state index in [1.165, 1.54) is 0 Å². The Bertz CT molecular complexity index is 259. The van der Waals surface area contributed by atoms with Gasteiger partial charge < -0.3 is 0 Å². The van der Waals surface area contributed by atoms with Crippen LogP contribution in [0.3, 0.4) is 0 Å². The van der Waals surface area contributed by atoms with Crippen LogP contribution in [-0.2, 0) is 11.0 Å². The van der Waals surface area contributed by atoms with Gasteiger partial charge in [-0.15, -0.1) is 0 Å². The smallest absolute Gasteiger partial charge is 0.236 e. The fourth-order valence-electron chi connectivity index (χ4n) is 1.52. The molecule has 0 aromatic heterocycles. The molecule has 1 heterocycles. The van der Waals surface area contributed by atoms with Gasteiger partial charge in [0.25, 0.3) is 0 Å². The molecule has 1 aliphatic rings. The number of nitrogens with zero attached hydrogens (tertiary/aromatic N) is 1. The number of hydrogen-bond donors (Lipinski definition) is 0. The van der Waals surface area contributed by atoms with Gasteiger partial charge in [-0.05, 0) is 12.8 Å². The second-order valence-electron chi connectivity index (χ2n) is 4.00. The van der Waals surface area contributed by atoms with Crippen molar-refractivity contribution in [2.24, 2.45) is 0 Å². The molecule has 1 rings (SSSR count). The summed E-state index contributed by atoms with van der Waals surface area (Å²) >= 11 is 0. The maximum absolute atomic E-state index is 13.1. The Labute approximate surface area is 94.6 Å². The van der Waals surface area contributed by atoms with Gasteiger partial charge in [-0.3, -0.25) is 0 Å². The van der Waals surface area contributed by atoms with Crippen LogP contribution in [0.25, 0.3) is 0 Å². The normalized spacial score (nSPS) is 22.8. The molecular formula is C9H15F4NOS. The van der Waals surface area contributed by atoms with Crippen molar-refractivity contribution in [3.63, 3.8) is 0 Å². The highest BCUT2D eigenvalue weighted by Gasteiger charge is 2.59. The monoisotopic (exact) mass is 261 g/mol. The Morgan fingerprint density at radius 1 is 1.00 bits per heavy atom. The Balaban J connectivity index is 2.75. The van der Waals surface area contributed by atoms with E-state index in [1.807, 2.05) is 0 Å². The van der Waals surface area contributed by atoms with Crippen LogP contribution in [0, 0.1) is 0 Å². The first-order chi connectivity index (χ1) is 7.27. The van der Waals surface area contributed by atoms with E-state index < -0.39 is 22.2 Å². The van der Waals surface area contributed by atoms with Crippen LogP contribution in [0.15, 0.2) is 0 Å². The van der Waals surface area contributed by atoms with Gasteiger partial charge in [-0.2, -0.15) is 17.6 Å². The summed E-state index contributed by atoms with van der Waals surface area (Å²) in [4.78, 5) is 0. The molecule has 1 saturated heterocycles. The number of halogens is 4. The Morgan fingerprint density at radius 2 is 1.44 bits per heavy atom. The van der Waals surface area contributed by atoms with Gasteiger partial charge in [0.2, 0.25) is 0 Å². The molecule has 1 atom stereocenters. The lowest BCUT2D eigenvalue weighted by atomic mass is 10.2. The molecule has 96 valence electrons. The second-order valence-corrected chi connectivity index (χ2v) is 5.52. The largest absolute Gasteiger partial charge is 0.395 e. The van der Waals surface area contributed by atoms with Gasteiger partial charge in [0, 0.05) is 20.0 Å². The highest BCUT2D eigenvalue weighted by molar-refractivity contribution is 7.83. The molecule has 1 unspecified atom stereocenters. The van der Waals surface area contributed by atoms with E-state index in [-0.39, 0.29) is 20.0 Å². The molecule has 0 amide bonds. The predicted molar refractivity (Wildman–Crippen MR) is 53.8 cm³/mol. The zero-order valence-electron chi connectivity index (χ0n) is 9.02. The van der Waals surface area contributed by atoms with Crippen LogP contribution in [0.1, 0.15) is 32.6 Å². The van der Waals surface area contributed by atoms with E-state index >= 15 is 0 Å². The van der Waals surface area contributed by atoms with E-state index in [0.29, 0.717) is 12.8 Å². The molecule has 0 aromatic rings. The predicted octanol–water partition coefficient (Wildman–Crippen LogP) is 2.77. The molecule has 0 bridgehead atoms. The Hall–Kier alpha value is -0.170. The van der Waals surface area contributed by atoms with Gasteiger partial charge in [0.05, 0.1) is 0 Å². The van der Waals surface area contributed by atoms with E-state index in [4.69, 9.17) is 0 Å². The zero-order valence-corrected chi connectivity index (χ0v) is 9.83. The van der Waals surface area contributed by atoms with Crippen molar-refractivity contribution in [3.8, 4) is 0 Å². The minimum Gasteiger partial charge on any atom is -0.236 e. The molecule has 1 fully saturated rings. The summed E-state index contributed by atoms with van der Waals surface area (Å²) in [5.74, 6) is -4.26. The average Bonchev–Trinajstić information content (AvgIpc) is 2.42. The van der Waals surface area contributed by atoms with Gasteiger partial charge in [-0.1, -0.05) is 12.8 Å². The molecule has 2 nitrogen and oxygen atoms in total. The lowest BCUT2D eigenvalue weighted by molar-refractivity contribution is -0.142. The van der Waals surface area contributed by atoms with Crippen LogP contribution in [-0.4, -0.2) is 32.8 Å². The topological polar surface area (TPSA) is 20.3 Å². The van der Waals surface area contributed by atoms with Gasteiger partial charge in [-0.25, -0.2) is 8.51 Å². The highest BCUT2D eigenvalue weighted by Crippen LogP contribution is 2.38. The second kappa shape index (κ2) is 5.00. The van der Waals surface area contributed by atoms with Crippen molar-refractivity contribution in [2.45, 2.75) is 43.8 Å². The summed E-state index contributed by atoms with van der Waals surface area (Å²) in [6, 6.07) is 0. The van der Waals surface area contributed by atoms with Crippen LogP contribution in [0.2, 0.25) is 0 Å². The lowest BCUT2D eigenvalue weighted by Gasteiger charge is -2.28. The van der Waals surface area contributed by atoms with Gasteiger partial charge in [0.1, 0.15) is 0 Å². The minimum atomic E-state index is -4.49. The third kappa shape index (κ3) is 2.94. The molecule has 1 aliphatic heterocycles. The first kappa shape index (κ1) is 13.9. The van der Waals surface area contributed by atoms with Gasteiger partial charge >= 0.3 is 11.2 Å². The summed E-state index contributed by atoms with van der Waals surface area (Å²) in [5, 5.41) is -4.49. The van der Waals surface area contributed by atoms with Crippen molar-refractivity contribution in [1.29, 1.82) is 0 Å². The van der Waals surface area contributed by atoms with E-state index in [9.17, 15) is 21.8 Å². The summed E-state index contributed by atoms with van der Waals surface area (Å²) in [5.41, 5.74) is 0. The molecule has 0 radical (unpaired) electrons. The minimum absolute atomic E-state index is 0.0999. The SMILES string of the molecule is CC(F)(F)C(F)(F)S(=O)N1CCCCCC1. The molecular weight excluding hydrogens is 246 g/mol. The van der Waals surface area contributed by atoms with Gasteiger partial charge in [0.15, 0.2) is 11.0 Å². The quantitative estimate of drug-likeness (QED) is 0.715. The Kier molecular flexibility index (Phi) is 4.34. The molecule has 0 saturated carbocycles. The maximum atomic E-state index is 13.1. The van der Waals surface area contributed by atoms with Crippen LogP contribution in [0.4, 0.5) is 17.6 Å². The van der Waals surface area contributed by atoms with Crippen LogP contribution < -0.4 is 0 Å². The van der Waals surface area contributed by atoms with Crippen molar-refractivity contribution in [1.82, 2.24) is 4.31 Å². The zero-order chi connectivity index (χ0) is 12.4. The van der Waals surface area contributed by atoms with Crippen LogP contribution in [0.5, 0.6) is 0 Å². The summed E-state index contributed by atoms with van der Waals surface area (Å²) in [6.45, 7) is 0.485. The van der Waals surface area contributed by atoms with Crippen molar-refractivity contribution in [2.75, 3.05) is 13.1 Å². The van der Waals surface area contributed by atoms with Crippen molar-refractivity contribution < 1.29 is 21.8 Å². The molecule has 16 heavy (non-hydrogen) atoms. The van der Waals surface area contributed by atoms with Crippen molar-refractivity contribution >= 4 is 11.0 Å². The first-order valence-electron chi connectivity index (χ1n) is 5.19. The number of alkyl halides is 4. The number of hydrogen-bond acceptors (Lipinski definition) is 1. The fraction of sp³-hybridized carbons (Fsp3) is 1.00. The average molecular weight is 261 g/mol. The summed E-state index contributed by atoms with van der Waals surface area (Å²) in [6.07, 6.45) is 2.97. The molecule has 0 aromatic carbocycles. The molecule has 0 spiro atoms. The highest BCUT2D eigenvalue weighted by atomic mass is 32.2. The lowest BCUT2D eigenvalue weighted by Crippen LogP contribution is -2.48. The third-order valence-electron chi connectivity index (χ3n) is 2.53. The van der Waals surface area contributed by atoms with Crippen molar-refractivity contribution in [3.05, 3.63) is 0 Å². The third-order valence-corrected chi connectivity index (χ3v) is 4.16. The Morgan fingerprint density at radius 3 is 1.81 bits per heavy atom. The fourth-order valence-corrected chi connectivity index (χ4v) is 2.74. The van der Waals surface area contributed by atoms with E-state index in [1.54, 1.807) is 0 Å². The summed E-state index contributed by atoms with van der Waals surface area (Å²) in [7, 11) is -2.95. The standard InChI is InChI=1S/C9H15F4NOS/c1-8(10,11)9(12,13)16(15)14-6-4-2-3-5-7-14/h2-7H2,1H3. The molecule has 0 N–H and O–H groups in total. The number of rotatable bonds is 3. The molecule has 7 heteroatoms. The van der Waals surface area contributed by atoms with E-state index in [0.717, 1.165) is 17.1 Å². The maximum Gasteiger partial charge on any atom is 0.395 e. The summed E-state index contributed by atoms with van der Waals surface area (Å²) < 4.78 is 64.0. The molecule has 0 aliphatic carbocycles. The first-order valence-corrected chi connectivity index (χ1v) is 6.30. The van der Waals surface area contributed by atoms with E-state index in [2.05, 4.69) is 0 Å².